The van der Waals surface area contributed by atoms with Crippen molar-refractivity contribution in [3.63, 3.8) is 0 Å². The van der Waals surface area contributed by atoms with E-state index in [4.69, 9.17) is 14.6 Å². The van der Waals surface area contributed by atoms with Crippen molar-refractivity contribution >= 4 is 30.0 Å². The molecule has 0 unspecified atom stereocenters. The van der Waals surface area contributed by atoms with E-state index in [1.807, 2.05) is 26.8 Å². The fourth-order valence-corrected chi connectivity index (χ4v) is 6.04. The number of rotatable bonds is 9. The number of allylic oxidation sites excluding steroid dienone is 5. The van der Waals surface area contributed by atoms with Gasteiger partial charge in [0.25, 0.3) is 0 Å². The number of carboxylic acid groups (broad SMARTS) is 1. The number of ketones is 1. The van der Waals surface area contributed by atoms with Crippen LogP contribution in [0.25, 0.3) is 0 Å². The number of carbonyl (C=O) groups is 5. The summed E-state index contributed by atoms with van der Waals surface area (Å²) in [5, 5.41) is 9.09. The predicted molar refractivity (Wildman–Crippen MR) is 142 cm³/mol. The smallest absolute Gasteiger partial charge is 0.333 e. The second-order valence-corrected chi connectivity index (χ2v) is 11.2. The third-order valence-electron chi connectivity index (χ3n) is 8.50. The quantitative estimate of drug-likeness (QED) is 0.254. The zero-order valence-electron chi connectivity index (χ0n) is 23.6. The highest BCUT2D eigenvalue weighted by Gasteiger charge is 2.61. The molecule has 0 saturated heterocycles. The summed E-state index contributed by atoms with van der Waals surface area (Å²) in [5.74, 6) is -3.31. The maximum absolute atomic E-state index is 13.0. The Hall–Kier alpha value is -3.29. The molecule has 1 fully saturated rings. The minimum Gasteiger partial charge on any atom is -0.478 e. The van der Waals surface area contributed by atoms with Crippen molar-refractivity contribution in [1.82, 2.24) is 0 Å². The van der Waals surface area contributed by atoms with Crippen LogP contribution in [0.1, 0.15) is 74.7 Å². The maximum Gasteiger partial charge on any atom is 0.333 e. The number of hydrogen-bond acceptors (Lipinski definition) is 7. The van der Waals surface area contributed by atoms with Crippen molar-refractivity contribution in [3.8, 4) is 0 Å². The average Bonchev–Trinajstić information content (AvgIpc) is 2.85. The topological polar surface area (TPSA) is 124 Å². The normalized spacial score (nSPS) is 29.5. The molecule has 0 bridgehead atoms. The summed E-state index contributed by atoms with van der Waals surface area (Å²) in [4.78, 5) is 62.0. The van der Waals surface area contributed by atoms with Crippen LogP contribution in [0.5, 0.6) is 0 Å². The number of esters is 2. The molecule has 38 heavy (non-hydrogen) atoms. The summed E-state index contributed by atoms with van der Waals surface area (Å²) in [7, 11) is 0. The van der Waals surface area contributed by atoms with Crippen molar-refractivity contribution in [3.05, 3.63) is 46.6 Å². The molecule has 0 heterocycles. The molecule has 2 aliphatic carbocycles. The van der Waals surface area contributed by atoms with E-state index in [0.717, 1.165) is 12.4 Å². The minimum atomic E-state index is -1.22. The lowest BCUT2D eigenvalue weighted by molar-refractivity contribution is -0.210. The first-order chi connectivity index (χ1) is 17.6. The van der Waals surface area contributed by atoms with Gasteiger partial charge < -0.3 is 14.6 Å². The first-order valence-corrected chi connectivity index (χ1v) is 12.9. The zero-order valence-corrected chi connectivity index (χ0v) is 23.6. The zero-order chi connectivity index (χ0) is 29.0. The lowest BCUT2D eigenvalue weighted by Crippen LogP contribution is -2.61. The van der Waals surface area contributed by atoms with Gasteiger partial charge in [0, 0.05) is 29.1 Å². The van der Waals surface area contributed by atoms with Gasteiger partial charge in [-0.1, -0.05) is 39.0 Å². The number of hydrogen-bond donors (Lipinski definition) is 1. The molecular weight excluding hydrogens is 488 g/mol. The third kappa shape index (κ3) is 6.22. The molecule has 8 nitrogen and oxygen atoms in total. The number of Topliss-reactive ketones (excluding diaryl/α,β-unsaturated/α-hetero) is 1. The molecular formula is C30H40O8. The van der Waals surface area contributed by atoms with E-state index in [1.165, 1.54) is 6.92 Å². The number of ether oxygens (including phenoxy) is 2. The summed E-state index contributed by atoms with van der Waals surface area (Å²) in [6.07, 6.45) is 5.81. The van der Waals surface area contributed by atoms with Crippen LogP contribution >= 0.6 is 0 Å². The summed E-state index contributed by atoms with van der Waals surface area (Å²) in [6, 6.07) is 0. The lowest BCUT2D eigenvalue weighted by Gasteiger charge is -2.60. The lowest BCUT2D eigenvalue weighted by atomic mass is 9.46. The molecule has 0 spiro atoms. The second-order valence-electron chi connectivity index (χ2n) is 11.2. The molecule has 0 amide bonds. The molecule has 208 valence electrons. The van der Waals surface area contributed by atoms with E-state index in [0.29, 0.717) is 23.1 Å². The summed E-state index contributed by atoms with van der Waals surface area (Å²) in [5.41, 5.74) is -0.0115. The van der Waals surface area contributed by atoms with E-state index >= 15 is 0 Å². The van der Waals surface area contributed by atoms with E-state index in [2.05, 4.69) is 0 Å². The molecule has 0 aromatic heterocycles. The largest absolute Gasteiger partial charge is 0.478 e. The van der Waals surface area contributed by atoms with Crippen molar-refractivity contribution in [2.75, 3.05) is 0 Å². The Kier molecular flexibility index (Phi) is 9.81. The summed E-state index contributed by atoms with van der Waals surface area (Å²) >= 11 is 0. The Morgan fingerprint density at radius 3 is 2.03 bits per heavy atom. The van der Waals surface area contributed by atoms with Crippen LogP contribution in [0.2, 0.25) is 0 Å². The standard InChI is InChI=1S/C30H40O8/c1-9-17(3)27(35)37-23-15-30(8)21(14-22(32)19(5)13-25(33)34)20(16-31)11-12-24(30)29(6,7)26(23)38-28(36)18(4)10-2/h9-11,13,16,21,23-24,26H,12,14-15H2,1-8H3,(H,33,34)/b17-9-,18-10-,19-13-/t21-,23+,24+,26+,30+/m0/s1. The Bertz CT molecular complexity index is 1120. The van der Waals surface area contributed by atoms with Gasteiger partial charge in [-0.2, -0.15) is 0 Å². The highest BCUT2D eigenvalue weighted by molar-refractivity contribution is 6.00. The van der Waals surface area contributed by atoms with Crippen molar-refractivity contribution in [2.24, 2.45) is 22.7 Å². The van der Waals surface area contributed by atoms with Crippen LogP contribution in [0.15, 0.2) is 46.6 Å². The van der Waals surface area contributed by atoms with Gasteiger partial charge in [-0.05, 0) is 75.9 Å². The van der Waals surface area contributed by atoms with E-state index in [9.17, 15) is 24.0 Å². The van der Waals surface area contributed by atoms with E-state index in [-0.39, 0.29) is 30.1 Å². The Balaban J connectivity index is 2.62. The highest BCUT2D eigenvalue weighted by atomic mass is 16.6. The number of aldehydes is 1. The van der Waals surface area contributed by atoms with Gasteiger partial charge in [-0.3, -0.25) is 9.59 Å². The van der Waals surface area contributed by atoms with Gasteiger partial charge >= 0.3 is 17.9 Å². The first kappa shape index (κ1) is 30.9. The Morgan fingerprint density at radius 1 is 0.974 bits per heavy atom. The molecule has 0 radical (unpaired) electrons. The SMILES string of the molecule is C/C=C(/C)C(=O)O[C@@H]1[C@H](OC(=O)/C(C)=C\C)C[C@@]2(C)[C@H](CC=C(C=O)[C@@H]2CC(=O)/C(C)=C\C(=O)O)C1(C)C. The van der Waals surface area contributed by atoms with Gasteiger partial charge in [0.05, 0.1) is 0 Å². The second kappa shape index (κ2) is 12.0. The van der Waals surface area contributed by atoms with E-state index < -0.39 is 46.9 Å². The van der Waals surface area contributed by atoms with Gasteiger partial charge in [0.15, 0.2) is 5.78 Å². The number of aliphatic carboxylic acids is 1. The Labute approximate surface area is 224 Å². The van der Waals surface area contributed by atoms with Crippen LogP contribution in [0, 0.1) is 22.7 Å². The van der Waals surface area contributed by atoms with E-state index in [1.54, 1.807) is 39.8 Å². The van der Waals surface area contributed by atoms with Gasteiger partial charge in [-0.25, -0.2) is 14.4 Å². The van der Waals surface area contributed by atoms with Crippen molar-refractivity contribution < 1.29 is 38.6 Å². The summed E-state index contributed by atoms with van der Waals surface area (Å²) < 4.78 is 12.0. The molecule has 0 aromatic carbocycles. The van der Waals surface area contributed by atoms with Gasteiger partial charge in [0.2, 0.25) is 0 Å². The molecule has 2 rings (SSSR count). The summed E-state index contributed by atoms with van der Waals surface area (Å²) in [6.45, 7) is 14.1. The van der Waals surface area contributed by atoms with Crippen LogP contribution in [-0.4, -0.2) is 47.3 Å². The van der Waals surface area contributed by atoms with Crippen molar-refractivity contribution in [1.29, 1.82) is 0 Å². The molecule has 8 heteroatoms. The maximum atomic E-state index is 13.0. The first-order valence-electron chi connectivity index (χ1n) is 12.9. The highest BCUT2D eigenvalue weighted by Crippen LogP contribution is 2.61. The van der Waals surface area contributed by atoms with Crippen LogP contribution in [-0.2, 0) is 33.4 Å². The van der Waals surface area contributed by atoms with Crippen LogP contribution < -0.4 is 0 Å². The molecule has 0 aromatic rings. The number of carbonyl (C=O) groups excluding carboxylic acids is 4. The fraction of sp³-hybridized carbons (Fsp3) is 0.567. The third-order valence-corrected chi connectivity index (χ3v) is 8.50. The van der Waals surface area contributed by atoms with Crippen LogP contribution in [0.3, 0.4) is 0 Å². The molecule has 1 N–H and O–H groups in total. The Morgan fingerprint density at radius 2 is 1.53 bits per heavy atom. The monoisotopic (exact) mass is 528 g/mol. The van der Waals surface area contributed by atoms with Gasteiger partial charge in [-0.15, -0.1) is 0 Å². The fourth-order valence-electron chi connectivity index (χ4n) is 6.04. The van der Waals surface area contributed by atoms with Crippen LogP contribution in [0.4, 0.5) is 0 Å². The molecule has 2 aliphatic rings. The van der Waals surface area contributed by atoms with Crippen molar-refractivity contribution in [2.45, 2.75) is 86.9 Å². The molecule has 5 atom stereocenters. The molecule has 1 saturated carbocycles. The average molecular weight is 529 g/mol. The predicted octanol–water partition coefficient (Wildman–Crippen LogP) is 4.93. The molecule has 0 aliphatic heterocycles. The van der Waals surface area contributed by atoms with Gasteiger partial charge in [0.1, 0.15) is 18.5 Å². The number of carboxylic acids is 1. The minimum absolute atomic E-state index is 0.0695. The number of fused-ring (bicyclic) bond motifs is 1.